The van der Waals surface area contributed by atoms with E-state index in [4.69, 9.17) is 4.74 Å². The van der Waals surface area contributed by atoms with Gasteiger partial charge in [-0.25, -0.2) is 4.68 Å². The summed E-state index contributed by atoms with van der Waals surface area (Å²) in [4.78, 5) is 11.7. The first-order valence-electron chi connectivity index (χ1n) is 9.26. The lowest BCUT2D eigenvalue weighted by Gasteiger charge is -2.09. The van der Waals surface area contributed by atoms with Crippen molar-refractivity contribution in [2.24, 2.45) is 0 Å². The molecule has 1 heterocycles. The second-order valence-electron chi connectivity index (χ2n) is 6.89. The smallest absolute Gasteiger partial charge is 0.160 e. The summed E-state index contributed by atoms with van der Waals surface area (Å²) in [6.45, 7) is 2.50. The number of hydrogen-bond acceptors (Lipinski definition) is 5. The molecule has 0 unspecified atom stereocenters. The van der Waals surface area contributed by atoms with Gasteiger partial charge in [0.15, 0.2) is 5.78 Å². The Balaban J connectivity index is 1.51. The van der Waals surface area contributed by atoms with Gasteiger partial charge in [0.25, 0.3) is 0 Å². The molecule has 1 aliphatic carbocycles. The normalized spacial score (nSPS) is 13.9. The van der Waals surface area contributed by atoms with Crippen LogP contribution in [0.3, 0.4) is 0 Å². The van der Waals surface area contributed by atoms with Crippen LogP contribution in [0, 0.1) is 0 Å². The van der Waals surface area contributed by atoms with Crippen LogP contribution in [0.4, 0.5) is 5.69 Å². The van der Waals surface area contributed by atoms with Gasteiger partial charge in [-0.05, 0) is 43.2 Å². The topological polar surface area (TPSA) is 69.0 Å². The number of aromatic nitrogens is 3. The Morgan fingerprint density at radius 1 is 1.14 bits per heavy atom. The number of carbonyl (C=O) groups excluding carboxylic acids is 1. The number of anilines is 1. The summed E-state index contributed by atoms with van der Waals surface area (Å²) in [7, 11) is 1.66. The summed E-state index contributed by atoms with van der Waals surface area (Å²) in [6, 6.07) is 15.9. The second-order valence-corrected chi connectivity index (χ2v) is 6.89. The summed E-state index contributed by atoms with van der Waals surface area (Å²) >= 11 is 0. The molecule has 3 aromatic rings. The van der Waals surface area contributed by atoms with Crippen LogP contribution in [0.15, 0.2) is 66.0 Å². The van der Waals surface area contributed by atoms with Crippen LogP contribution in [0.25, 0.3) is 11.3 Å². The predicted molar refractivity (Wildman–Crippen MR) is 108 cm³/mol. The van der Waals surface area contributed by atoms with Crippen molar-refractivity contribution in [3.63, 3.8) is 0 Å². The van der Waals surface area contributed by atoms with E-state index in [0.717, 1.165) is 45.9 Å². The van der Waals surface area contributed by atoms with E-state index in [1.165, 1.54) is 0 Å². The molecule has 2 aromatic carbocycles. The second kappa shape index (κ2) is 7.68. The number of ether oxygens (including phenoxy) is 1. The number of ketones is 1. The van der Waals surface area contributed by atoms with Gasteiger partial charge in [-0.2, -0.15) is 0 Å². The average Bonchev–Trinajstić information content (AvgIpc) is 3.30. The first-order chi connectivity index (χ1) is 13.6. The number of nitrogens with one attached hydrogen (secondary N) is 1. The Bertz CT molecular complexity index is 1050. The van der Waals surface area contributed by atoms with Gasteiger partial charge in [0, 0.05) is 28.9 Å². The van der Waals surface area contributed by atoms with E-state index >= 15 is 0 Å². The third kappa shape index (κ3) is 3.81. The van der Waals surface area contributed by atoms with Gasteiger partial charge in [0.05, 0.1) is 19.9 Å². The van der Waals surface area contributed by atoms with E-state index < -0.39 is 0 Å². The molecule has 0 aliphatic heterocycles. The maximum Gasteiger partial charge on any atom is 0.160 e. The van der Waals surface area contributed by atoms with Gasteiger partial charge < -0.3 is 10.1 Å². The fraction of sp³-hybridized carbons (Fsp3) is 0.227. The van der Waals surface area contributed by atoms with Crippen molar-refractivity contribution >= 4 is 11.5 Å². The van der Waals surface area contributed by atoms with E-state index in [1.807, 2.05) is 66.3 Å². The first-order valence-corrected chi connectivity index (χ1v) is 9.26. The summed E-state index contributed by atoms with van der Waals surface area (Å²) in [5.41, 5.74) is 5.66. The van der Waals surface area contributed by atoms with Crippen molar-refractivity contribution in [2.45, 2.75) is 26.3 Å². The van der Waals surface area contributed by atoms with Gasteiger partial charge >= 0.3 is 0 Å². The zero-order chi connectivity index (χ0) is 19.5. The lowest BCUT2D eigenvalue weighted by atomic mass is 10.1. The van der Waals surface area contributed by atoms with Crippen LogP contribution in [-0.2, 0) is 11.3 Å². The quantitative estimate of drug-likeness (QED) is 0.705. The molecule has 0 radical (unpaired) electrons. The number of carbonyl (C=O) groups is 1. The number of benzene rings is 2. The first kappa shape index (κ1) is 18.0. The molecule has 1 aliphatic rings. The number of nitrogens with zero attached hydrogens (tertiary/aromatic N) is 3. The highest BCUT2D eigenvalue weighted by Gasteiger charge is 2.19. The lowest BCUT2D eigenvalue weighted by Crippen LogP contribution is -2.00. The number of hydrogen-bond donors (Lipinski definition) is 1. The molecular weight excluding hydrogens is 352 g/mol. The van der Waals surface area contributed by atoms with Crippen molar-refractivity contribution in [3.8, 4) is 17.0 Å². The molecule has 0 spiro atoms. The number of allylic oxidation sites excluding steroid dienone is 2. The standard InChI is InChI=1S/C22H22N4O2/c1-15-20(9-10-22(15)27)23-18-7-4-6-17(12-18)21-14-26(25-24-21)13-16-5-3-8-19(11-16)28-2/h3-8,11-12,14,23H,9-10,13H2,1-2H3. The van der Waals surface area contributed by atoms with Gasteiger partial charge in [-0.3, -0.25) is 4.79 Å². The molecule has 0 saturated carbocycles. The zero-order valence-electron chi connectivity index (χ0n) is 16.0. The minimum atomic E-state index is 0.221. The Kier molecular flexibility index (Phi) is 4.93. The van der Waals surface area contributed by atoms with E-state index in [-0.39, 0.29) is 5.78 Å². The Labute approximate surface area is 163 Å². The molecule has 4 rings (SSSR count). The van der Waals surface area contributed by atoms with Crippen LogP contribution in [-0.4, -0.2) is 27.9 Å². The third-order valence-electron chi connectivity index (χ3n) is 4.94. The maximum atomic E-state index is 11.7. The molecule has 0 atom stereocenters. The summed E-state index contributed by atoms with van der Waals surface area (Å²) in [5, 5.41) is 11.9. The van der Waals surface area contributed by atoms with Crippen molar-refractivity contribution in [1.29, 1.82) is 0 Å². The Morgan fingerprint density at radius 2 is 2.00 bits per heavy atom. The highest BCUT2D eigenvalue weighted by molar-refractivity contribution is 5.98. The average molecular weight is 374 g/mol. The zero-order valence-corrected chi connectivity index (χ0v) is 16.0. The SMILES string of the molecule is COc1cccc(Cn2cc(-c3cccc(NC4=C(C)C(=O)CC4)c3)nn2)c1. The van der Waals surface area contributed by atoms with Gasteiger partial charge in [-0.1, -0.05) is 29.5 Å². The van der Waals surface area contributed by atoms with E-state index in [2.05, 4.69) is 15.6 Å². The highest BCUT2D eigenvalue weighted by atomic mass is 16.5. The minimum Gasteiger partial charge on any atom is -0.497 e. The molecule has 1 aromatic heterocycles. The molecule has 0 saturated heterocycles. The fourth-order valence-electron chi connectivity index (χ4n) is 3.33. The molecule has 142 valence electrons. The molecule has 0 amide bonds. The minimum absolute atomic E-state index is 0.221. The summed E-state index contributed by atoms with van der Waals surface area (Å²) in [6.07, 6.45) is 3.29. The third-order valence-corrected chi connectivity index (χ3v) is 4.94. The van der Waals surface area contributed by atoms with Crippen LogP contribution in [0.5, 0.6) is 5.75 Å². The summed E-state index contributed by atoms with van der Waals surface area (Å²) in [5.74, 6) is 1.05. The summed E-state index contributed by atoms with van der Waals surface area (Å²) < 4.78 is 7.08. The van der Waals surface area contributed by atoms with Gasteiger partial charge in [0.1, 0.15) is 11.4 Å². The fourth-order valence-corrected chi connectivity index (χ4v) is 3.33. The maximum absolute atomic E-state index is 11.7. The molecule has 0 fully saturated rings. The molecule has 28 heavy (non-hydrogen) atoms. The van der Waals surface area contributed by atoms with Crippen LogP contribution in [0.2, 0.25) is 0 Å². The molecule has 6 nitrogen and oxygen atoms in total. The Morgan fingerprint density at radius 3 is 2.79 bits per heavy atom. The van der Waals surface area contributed by atoms with E-state index in [1.54, 1.807) is 7.11 Å². The van der Waals surface area contributed by atoms with Crippen LogP contribution >= 0.6 is 0 Å². The lowest BCUT2D eigenvalue weighted by molar-refractivity contribution is -0.114. The van der Waals surface area contributed by atoms with Gasteiger partial charge in [-0.15, -0.1) is 5.10 Å². The van der Waals surface area contributed by atoms with Crippen molar-refractivity contribution < 1.29 is 9.53 Å². The van der Waals surface area contributed by atoms with E-state index in [0.29, 0.717) is 13.0 Å². The van der Waals surface area contributed by atoms with Crippen LogP contribution < -0.4 is 10.1 Å². The van der Waals surface area contributed by atoms with Gasteiger partial charge in [0.2, 0.25) is 0 Å². The Hall–Kier alpha value is -3.41. The predicted octanol–water partition coefficient (Wildman–Crippen LogP) is 4.05. The van der Waals surface area contributed by atoms with Crippen molar-refractivity contribution in [2.75, 3.05) is 12.4 Å². The monoisotopic (exact) mass is 374 g/mol. The largest absolute Gasteiger partial charge is 0.497 e. The van der Waals surface area contributed by atoms with Crippen molar-refractivity contribution in [3.05, 3.63) is 71.6 Å². The number of methoxy groups -OCH3 is 1. The van der Waals surface area contributed by atoms with Crippen molar-refractivity contribution in [1.82, 2.24) is 15.0 Å². The molecule has 6 heteroatoms. The molecule has 1 N–H and O–H groups in total. The molecule has 0 bridgehead atoms. The van der Waals surface area contributed by atoms with E-state index in [9.17, 15) is 4.79 Å². The highest BCUT2D eigenvalue weighted by Crippen LogP contribution is 2.27. The molecular formula is C22H22N4O2. The number of rotatable bonds is 6. The number of Topliss-reactive ketones (excluding diaryl/α,β-unsaturated/α-hetero) is 1. The van der Waals surface area contributed by atoms with Crippen LogP contribution in [0.1, 0.15) is 25.3 Å².